The van der Waals surface area contributed by atoms with Crippen molar-refractivity contribution in [1.29, 1.82) is 0 Å². The molecule has 0 unspecified atom stereocenters. The number of hydrogen-bond donors (Lipinski definition) is 2. The number of aromatic nitrogens is 2. The number of para-hydroxylation sites is 1. The van der Waals surface area contributed by atoms with E-state index in [1.807, 2.05) is 0 Å². The smallest absolute Gasteiger partial charge is 0.416 e. The molecule has 0 fully saturated rings. The Kier molecular flexibility index (Phi) is 6.52. The zero-order valence-corrected chi connectivity index (χ0v) is 18.3. The molecular weight excluding hydrogens is 448 g/mol. The van der Waals surface area contributed by atoms with Crippen LogP contribution in [0.1, 0.15) is 13.8 Å². The second kappa shape index (κ2) is 9.32. The van der Waals surface area contributed by atoms with Crippen molar-refractivity contribution >= 4 is 35.2 Å². The highest BCUT2D eigenvalue weighted by Crippen LogP contribution is 2.36. The molecule has 0 aliphatic rings. The molecule has 1 aromatic heterocycles. The van der Waals surface area contributed by atoms with Crippen molar-refractivity contribution in [2.75, 3.05) is 10.6 Å². The molecular formula is C22H20N4O8. The normalized spacial score (nSPS) is 10.4. The van der Waals surface area contributed by atoms with Gasteiger partial charge in [-0.25, -0.2) is 19.1 Å². The number of carbonyl (C=O) groups excluding carboxylic acids is 2. The number of carboxylic acid groups (broad SMARTS) is 1. The third-order valence-corrected chi connectivity index (χ3v) is 4.59. The predicted octanol–water partition coefficient (Wildman–Crippen LogP) is 1.79. The highest BCUT2D eigenvalue weighted by Gasteiger charge is 2.28. The number of amides is 1. The van der Waals surface area contributed by atoms with Crippen LogP contribution in [0.3, 0.4) is 0 Å². The van der Waals surface area contributed by atoms with Gasteiger partial charge in [0.15, 0.2) is 17.2 Å². The fourth-order valence-electron chi connectivity index (χ4n) is 3.20. The summed E-state index contributed by atoms with van der Waals surface area (Å²) < 4.78 is 11.7. The average molecular weight is 468 g/mol. The molecule has 0 spiro atoms. The zero-order valence-electron chi connectivity index (χ0n) is 18.3. The molecule has 1 heterocycles. The number of nitrogens with zero attached hydrogens (tertiary/aromatic N) is 3. The Bertz CT molecular complexity index is 1410. The first-order valence-corrected chi connectivity index (χ1v) is 9.73. The topological polar surface area (TPSA) is 163 Å². The maximum atomic E-state index is 13.0. The number of nitrogens with two attached hydrogens (primary N) is 1. The molecule has 3 N–H and O–H groups in total. The van der Waals surface area contributed by atoms with E-state index in [0.717, 1.165) is 29.0 Å². The van der Waals surface area contributed by atoms with Gasteiger partial charge in [-0.2, -0.15) is 0 Å². The number of ether oxygens (including phenoxy) is 2. The van der Waals surface area contributed by atoms with Gasteiger partial charge in [0.1, 0.15) is 5.82 Å². The predicted molar refractivity (Wildman–Crippen MR) is 121 cm³/mol. The summed E-state index contributed by atoms with van der Waals surface area (Å²) in [6, 6.07) is 11.6. The SMILES string of the molecule is CC(=O)Oc1ccc(N(C(=O)O)c2c(N)n(-c3ccccc3)c(=O)n(C)c2=O)cc1OC(C)=O. The monoisotopic (exact) mass is 468 g/mol. The van der Waals surface area contributed by atoms with Crippen LogP contribution < -0.4 is 31.4 Å². The summed E-state index contributed by atoms with van der Waals surface area (Å²) in [4.78, 5) is 61.5. The summed E-state index contributed by atoms with van der Waals surface area (Å²) in [6.45, 7) is 2.23. The summed E-state index contributed by atoms with van der Waals surface area (Å²) >= 11 is 0. The first kappa shape index (κ1) is 23.8. The lowest BCUT2D eigenvalue weighted by molar-refractivity contribution is -0.134. The van der Waals surface area contributed by atoms with Crippen molar-refractivity contribution in [3.63, 3.8) is 0 Å². The molecule has 1 amide bonds. The summed E-state index contributed by atoms with van der Waals surface area (Å²) in [7, 11) is 1.18. The molecule has 0 aliphatic carbocycles. The molecule has 3 aromatic rings. The van der Waals surface area contributed by atoms with E-state index >= 15 is 0 Å². The standard InChI is InChI=1S/C22H20N4O8/c1-12(27)33-16-10-9-15(11-17(16)34-13(2)28)25(22(31)32)18-19(23)26(14-7-5-4-6-8-14)21(30)24(3)20(18)29/h4-11H,23H2,1-3H3,(H,31,32). The molecule has 12 nitrogen and oxygen atoms in total. The minimum absolute atomic E-state index is 0.146. The van der Waals surface area contributed by atoms with E-state index in [9.17, 15) is 29.1 Å². The number of esters is 2. The van der Waals surface area contributed by atoms with Crippen LogP contribution in [0.15, 0.2) is 58.1 Å². The number of nitrogen functional groups attached to an aromatic ring is 1. The molecule has 2 aromatic carbocycles. The highest BCUT2D eigenvalue weighted by molar-refractivity contribution is 5.98. The lowest BCUT2D eigenvalue weighted by atomic mass is 10.2. The van der Waals surface area contributed by atoms with Crippen LogP contribution in [0.25, 0.3) is 5.69 Å². The van der Waals surface area contributed by atoms with Gasteiger partial charge in [-0.1, -0.05) is 18.2 Å². The van der Waals surface area contributed by atoms with E-state index < -0.39 is 40.8 Å². The van der Waals surface area contributed by atoms with Crippen LogP contribution in [-0.4, -0.2) is 32.3 Å². The van der Waals surface area contributed by atoms with Crippen LogP contribution in [0.5, 0.6) is 11.5 Å². The van der Waals surface area contributed by atoms with Gasteiger partial charge in [0, 0.05) is 27.0 Å². The lowest BCUT2D eigenvalue weighted by Crippen LogP contribution is -2.43. The second-order valence-corrected chi connectivity index (χ2v) is 6.99. The van der Waals surface area contributed by atoms with Crippen molar-refractivity contribution in [3.05, 3.63) is 69.4 Å². The Balaban J connectivity index is 2.31. The van der Waals surface area contributed by atoms with Crippen molar-refractivity contribution in [3.8, 4) is 17.2 Å². The van der Waals surface area contributed by atoms with E-state index in [-0.39, 0.29) is 17.2 Å². The summed E-state index contributed by atoms with van der Waals surface area (Å²) in [6.07, 6.45) is -1.61. The van der Waals surface area contributed by atoms with E-state index in [1.165, 1.54) is 19.2 Å². The lowest BCUT2D eigenvalue weighted by Gasteiger charge is -2.23. The first-order valence-electron chi connectivity index (χ1n) is 9.73. The van der Waals surface area contributed by atoms with E-state index in [0.29, 0.717) is 10.6 Å². The van der Waals surface area contributed by atoms with E-state index in [4.69, 9.17) is 15.2 Å². The number of rotatable bonds is 5. The molecule has 0 saturated carbocycles. The Labute approximate surface area is 192 Å². The average Bonchev–Trinajstić information content (AvgIpc) is 2.76. The van der Waals surface area contributed by atoms with Crippen LogP contribution in [0.2, 0.25) is 0 Å². The molecule has 34 heavy (non-hydrogen) atoms. The molecule has 0 radical (unpaired) electrons. The number of anilines is 3. The number of carbonyl (C=O) groups is 3. The van der Waals surface area contributed by atoms with Gasteiger partial charge in [0.25, 0.3) is 5.56 Å². The van der Waals surface area contributed by atoms with Crippen LogP contribution >= 0.6 is 0 Å². The van der Waals surface area contributed by atoms with Crippen molar-refractivity contribution < 1.29 is 29.0 Å². The fraction of sp³-hybridized carbons (Fsp3) is 0.136. The Morgan fingerprint density at radius 1 is 0.941 bits per heavy atom. The number of benzene rings is 2. The Morgan fingerprint density at radius 2 is 1.53 bits per heavy atom. The summed E-state index contributed by atoms with van der Waals surface area (Å²) in [5.74, 6) is -2.31. The van der Waals surface area contributed by atoms with Crippen LogP contribution in [-0.2, 0) is 16.6 Å². The minimum atomic E-state index is -1.61. The van der Waals surface area contributed by atoms with E-state index in [2.05, 4.69) is 0 Å². The van der Waals surface area contributed by atoms with Crippen LogP contribution in [0.4, 0.5) is 22.0 Å². The quantitative estimate of drug-likeness (QED) is 0.420. The van der Waals surface area contributed by atoms with Gasteiger partial charge in [-0.3, -0.25) is 19.0 Å². The minimum Gasteiger partial charge on any atom is -0.464 e. The molecule has 176 valence electrons. The van der Waals surface area contributed by atoms with Gasteiger partial charge in [-0.15, -0.1) is 0 Å². The van der Waals surface area contributed by atoms with Gasteiger partial charge < -0.3 is 20.3 Å². The Hall–Kier alpha value is -4.87. The second-order valence-electron chi connectivity index (χ2n) is 6.99. The summed E-state index contributed by atoms with van der Waals surface area (Å²) in [5, 5.41) is 9.98. The van der Waals surface area contributed by atoms with Crippen LogP contribution in [0, 0.1) is 0 Å². The van der Waals surface area contributed by atoms with Gasteiger partial charge in [0.2, 0.25) is 0 Å². The maximum Gasteiger partial charge on any atom is 0.416 e. The molecule has 12 heteroatoms. The third kappa shape index (κ3) is 4.50. The van der Waals surface area contributed by atoms with Crippen molar-refractivity contribution in [1.82, 2.24) is 9.13 Å². The number of hydrogen-bond acceptors (Lipinski definition) is 8. The summed E-state index contributed by atoms with van der Waals surface area (Å²) in [5.41, 5.74) is 4.01. The maximum absolute atomic E-state index is 13.0. The van der Waals surface area contributed by atoms with Gasteiger partial charge in [-0.05, 0) is 24.3 Å². The zero-order chi connectivity index (χ0) is 25.2. The highest BCUT2D eigenvalue weighted by atomic mass is 16.6. The van der Waals surface area contributed by atoms with Crippen molar-refractivity contribution in [2.45, 2.75) is 13.8 Å². The molecule has 0 atom stereocenters. The molecule has 3 rings (SSSR count). The fourth-order valence-corrected chi connectivity index (χ4v) is 3.20. The Morgan fingerprint density at radius 3 is 2.09 bits per heavy atom. The third-order valence-electron chi connectivity index (χ3n) is 4.59. The molecule has 0 saturated heterocycles. The van der Waals surface area contributed by atoms with Gasteiger partial charge >= 0.3 is 23.7 Å². The molecule has 0 aliphatic heterocycles. The van der Waals surface area contributed by atoms with Gasteiger partial charge in [0.05, 0.1) is 11.4 Å². The van der Waals surface area contributed by atoms with Crippen molar-refractivity contribution in [2.24, 2.45) is 7.05 Å². The first-order chi connectivity index (χ1) is 16.0. The largest absolute Gasteiger partial charge is 0.464 e. The molecule has 0 bridgehead atoms. The van der Waals surface area contributed by atoms with E-state index in [1.54, 1.807) is 30.3 Å².